The summed E-state index contributed by atoms with van der Waals surface area (Å²) in [6.07, 6.45) is 1.40. The molecule has 3 heteroatoms. The van der Waals surface area contributed by atoms with Gasteiger partial charge in [0.05, 0.1) is 4.99 Å². The molecule has 0 saturated heterocycles. The molecule has 2 aromatic carbocycles. The summed E-state index contributed by atoms with van der Waals surface area (Å²) in [6.45, 7) is 2.07. The highest BCUT2D eigenvalue weighted by atomic mass is 32.1. The van der Waals surface area contributed by atoms with Crippen LogP contribution in [0.25, 0.3) is 0 Å². The van der Waals surface area contributed by atoms with E-state index in [1.165, 1.54) is 17.2 Å². The van der Waals surface area contributed by atoms with Crippen LogP contribution in [0.4, 0.5) is 4.39 Å². The van der Waals surface area contributed by atoms with E-state index in [1.54, 1.807) is 6.07 Å². The Morgan fingerprint density at radius 3 is 2.52 bits per heavy atom. The molecular weight excluding hydrogens is 281 g/mol. The van der Waals surface area contributed by atoms with Crippen LogP contribution in [-0.4, -0.2) is 24.0 Å². The molecule has 0 saturated carbocycles. The zero-order chi connectivity index (χ0) is 15.4. The summed E-state index contributed by atoms with van der Waals surface area (Å²) < 4.78 is 13.6. The number of hydrogen-bond donors (Lipinski definition) is 0. The summed E-state index contributed by atoms with van der Waals surface area (Å²) in [5.74, 6) is -0.197. The Hall–Kier alpha value is -1.74. The molecule has 0 bridgehead atoms. The van der Waals surface area contributed by atoms with Gasteiger partial charge in [-0.3, -0.25) is 0 Å². The molecule has 2 rings (SSSR count). The van der Waals surface area contributed by atoms with Crippen LogP contribution in [0.2, 0.25) is 0 Å². The molecule has 0 N–H and O–H groups in total. The first-order valence-electron chi connectivity index (χ1n) is 6.98. The molecule has 0 amide bonds. The van der Waals surface area contributed by atoms with Crippen LogP contribution in [0.3, 0.4) is 0 Å². The number of hydrogen-bond acceptors (Lipinski definition) is 1. The van der Waals surface area contributed by atoms with Crippen molar-refractivity contribution in [3.05, 3.63) is 70.5 Å². The molecule has 0 aromatic heterocycles. The number of nitrogens with zero attached hydrogens (tertiary/aromatic N) is 1. The third-order valence-electron chi connectivity index (χ3n) is 3.49. The van der Waals surface area contributed by atoms with Gasteiger partial charge in [-0.1, -0.05) is 48.1 Å². The topological polar surface area (TPSA) is 3.24 Å². The van der Waals surface area contributed by atoms with Gasteiger partial charge < -0.3 is 4.90 Å². The number of benzene rings is 2. The van der Waals surface area contributed by atoms with E-state index in [1.807, 2.05) is 31.1 Å². The molecule has 0 unspecified atom stereocenters. The second-order valence-electron chi connectivity index (χ2n) is 5.54. The number of thiocarbonyl (C=S) groups is 1. The SMILES string of the molecule is Cc1cccc(Cc2cc(F)ccc2CC(=S)N(C)C)c1. The van der Waals surface area contributed by atoms with Crippen LogP contribution in [0.15, 0.2) is 42.5 Å². The van der Waals surface area contributed by atoms with Crippen LogP contribution < -0.4 is 0 Å². The summed E-state index contributed by atoms with van der Waals surface area (Å²) in [4.78, 5) is 2.78. The molecule has 0 fully saturated rings. The van der Waals surface area contributed by atoms with Gasteiger partial charge in [0.2, 0.25) is 0 Å². The van der Waals surface area contributed by atoms with Gasteiger partial charge in [0.15, 0.2) is 0 Å². The fraction of sp³-hybridized carbons (Fsp3) is 0.278. The van der Waals surface area contributed by atoms with Crippen molar-refractivity contribution in [3.8, 4) is 0 Å². The minimum Gasteiger partial charge on any atom is -0.372 e. The average Bonchev–Trinajstić information content (AvgIpc) is 2.41. The van der Waals surface area contributed by atoms with Gasteiger partial charge in [-0.2, -0.15) is 0 Å². The maximum absolute atomic E-state index is 13.6. The summed E-state index contributed by atoms with van der Waals surface area (Å²) in [6, 6.07) is 13.3. The Kier molecular flexibility index (Phi) is 5.07. The van der Waals surface area contributed by atoms with Crippen molar-refractivity contribution in [3.63, 3.8) is 0 Å². The Morgan fingerprint density at radius 1 is 1.10 bits per heavy atom. The van der Waals surface area contributed by atoms with E-state index in [0.29, 0.717) is 6.42 Å². The second-order valence-corrected chi connectivity index (χ2v) is 6.02. The van der Waals surface area contributed by atoms with Gasteiger partial charge >= 0.3 is 0 Å². The van der Waals surface area contributed by atoms with Crippen molar-refractivity contribution < 1.29 is 4.39 Å². The molecule has 1 nitrogen and oxygen atoms in total. The average molecular weight is 301 g/mol. The normalized spacial score (nSPS) is 10.5. The van der Waals surface area contributed by atoms with Crippen molar-refractivity contribution >= 4 is 17.2 Å². The third-order valence-corrected chi connectivity index (χ3v) is 4.00. The smallest absolute Gasteiger partial charge is 0.123 e. The first-order valence-corrected chi connectivity index (χ1v) is 7.39. The lowest BCUT2D eigenvalue weighted by Gasteiger charge is -2.16. The highest BCUT2D eigenvalue weighted by Crippen LogP contribution is 2.18. The van der Waals surface area contributed by atoms with Crippen LogP contribution in [0, 0.1) is 12.7 Å². The number of likely N-dealkylation sites (N-methyl/N-ethyl adjacent to an activating group) is 1. The molecule has 21 heavy (non-hydrogen) atoms. The first kappa shape index (κ1) is 15.6. The lowest BCUT2D eigenvalue weighted by molar-refractivity contribution is 0.619. The van der Waals surface area contributed by atoms with Gasteiger partial charge in [-0.15, -0.1) is 0 Å². The molecule has 2 aromatic rings. The maximum atomic E-state index is 13.6. The van der Waals surface area contributed by atoms with Crippen molar-refractivity contribution in [2.75, 3.05) is 14.1 Å². The van der Waals surface area contributed by atoms with Crippen molar-refractivity contribution in [2.45, 2.75) is 19.8 Å². The molecule has 0 aliphatic rings. The monoisotopic (exact) mass is 301 g/mol. The second kappa shape index (κ2) is 6.81. The molecule has 0 atom stereocenters. The molecule has 110 valence electrons. The molecule has 0 radical (unpaired) electrons. The van der Waals surface area contributed by atoms with E-state index in [-0.39, 0.29) is 5.82 Å². The first-order chi connectivity index (χ1) is 9.95. The van der Waals surface area contributed by atoms with Gasteiger partial charge in [0.25, 0.3) is 0 Å². The lowest BCUT2D eigenvalue weighted by Crippen LogP contribution is -2.22. The standard InChI is InChI=1S/C18H20FNS/c1-13-5-4-6-14(9-13)10-16-11-17(19)8-7-15(16)12-18(21)20(2)3/h4-9,11H,10,12H2,1-3H3. The fourth-order valence-electron chi connectivity index (χ4n) is 2.29. The lowest BCUT2D eigenvalue weighted by atomic mass is 9.97. The molecular formula is C18H20FNS. The minimum atomic E-state index is -0.197. The van der Waals surface area contributed by atoms with Crippen LogP contribution >= 0.6 is 12.2 Å². The van der Waals surface area contributed by atoms with E-state index < -0.39 is 0 Å². The third kappa shape index (κ3) is 4.36. The van der Waals surface area contributed by atoms with E-state index in [9.17, 15) is 4.39 Å². The summed E-state index contributed by atoms with van der Waals surface area (Å²) >= 11 is 5.37. The minimum absolute atomic E-state index is 0.197. The number of rotatable bonds is 4. The van der Waals surface area contributed by atoms with Gasteiger partial charge in [0.1, 0.15) is 5.82 Å². The zero-order valence-electron chi connectivity index (χ0n) is 12.7. The number of halogens is 1. The van der Waals surface area contributed by atoms with E-state index >= 15 is 0 Å². The molecule has 0 aliphatic heterocycles. The zero-order valence-corrected chi connectivity index (χ0v) is 13.5. The Morgan fingerprint density at radius 2 is 1.86 bits per heavy atom. The highest BCUT2D eigenvalue weighted by molar-refractivity contribution is 7.80. The van der Waals surface area contributed by atoms with Crippen molar-refractivity contribution in [2.24, 2.45) is 0 Å². The van der Waals surface area contributed by atoms with Crippen molar-refractivity contribution in [1.29, 1.82) is 0 Å². The Balaban J connectivity index is 2.29. The van der Waals surface area contributed by atoms with Gasteiger partial charge in [0, 0.05) is 20.5 Å². The maximum Gasteiger partial charge on any atom is 0.123 e. The number of aryl methyl sites for hydroxylation is 1. The van der Waals surface area contributed by atoms with E-state index in [0.717, 1.165) is 22.5 Å². The van der Waals surface area contributed by atoms with Gasteiger partial charge in [-0.25, -0.2) is 4.39 Å². The summed E-state index contributed by atoms with van der Waals surface area (Å²) in [5, 5.41) is 0. The fourth-order valence-corrected chi connectivity index (χ4v) is 2.45. The molecule has 0 heterocycles. The van der Waals surface area contributed by atoms with Gasteiger partial charge in [-0.05, 0) is 42.2 Å². The summed E-state index contributed by atoms with van der Waals surface area (Å²) in [7, 11) is 3.87. The largest absolute Gasteiger partial charge is 0.372 e. The predicted octanol–water partition coefficient (Wildman–Crippen LogP) is 4.16. The van der Waals surface area contributed by atoms with E-state index in [2.05, 4.69) is 25.1 Å². The summed E-state index contributed by atoms with van der Waals surface area (Å²) in [5.41, 5.74) is 4.51. The van der Waals surface area contributed by atoms with Crippen LogP contribution in [0.1, 0.15) is 22.3 Å². The van der Waals surface area contributed by atoms with Crippen molar-refractivity contribution in [1.82, 2.24) is 4.90 Å². The molecule has 0 spiro atoms. The quantitative estimate of drug-likeness (QED) is 0.780. The van der Waals surface area contributed by atoms with Crippen LogP contribution in [-0.2, 0) is 12.8 Å². The highest BCUT2D eigenvalue weighted by Gasteiger charge is 2.09. The predicted molar refractivity (Wildman–Crippen MR) is 90.4 cm³/mol. The van der Waals surface area contributed by atoms with E-state index in [4.69, 9.17) is 12.2 Å². The van der Waals surface area contributed by atoms with Crippen LogP contribution in [0.5, 0.6) is 0 Å². The molecule has 0 aliphatic carbocycles. The Bertz CT molecular complexity index is 649. The Labute approximate surface area is 131 Å².